The van der Waals surface area contributed by atoms with Crippen molar-refractivity contribution in [3.63, 3.8) is 0 Å². The average molecular weight is 319 g/mol. The van der Waals surface area contributed by atoms with Crippen LogP contribution in [-0.4, -0.2) is 52.8 Å². The van der Waals surface area contributed by atoms with Crippen molar-refractivity contribution in [3.8, 4) is 0 Å². The molecule has 1 aliphatic rings. The molecule has 2 aromatic rings. The first kappa shape index (κ1) is 15.1. The summed E-state index contributed by atoms with van der Waals surface area (Å²) in [6.07, 6.45) is 1.84. The highest BCUT2D eigenvalue weighted by molar-refractivity contribution is 7.09. The molecule has 1 atom stereocenters. The predicted molar refractivity (Wildman–Crippen MR) is 86.8 cm³/mol. The van der Waals surface area contributed by atoms with Crippen LogP contribution in [0.5, 0.6) is 0 Å². The number of hydrogen-bond acceptors (Lipinski definition) is 4. The Hall–Kier alpha value is -1.86. The van der Waals surface area contributed by atoms with Crippen LogP contribution in [-0.2, 0) is 13.1 Å². The van der Waals surface area contributed by atoms with Crippen molar-refractivity contribution in [3.05, 3.63) is 40.3 Å². The van der Waals surface area contributed by atoms with Crippen molar-refractivity contribution in [2.24, 2.45) is 0 Å². The molecule has 3 heterocycles. The molecule has 1 N–H and O–H groups in total. The first-order valence-corrected chi connectivity index (χ1v) is 8.23. The van der Waals surface area contributed by atoms with E-state index in [1.807, 2.05) is 10.9 Å². The van der Waals surface area contributed by atoms with Crippen LogP contribution in [0, 0.1) is 0 Å². The number of amides is 2. The Morgan fingerprint density at radius 3 is 3.09 bits per heavy atom. The molecular formula is C15H21N5OS. The summed E-state index contributed by atoms with van der Waals surface area (Å²) in [5.41, 5.74) is 1.20. The maximum absolute atomic E-state index is 11.7. The predicted octanol–water partition coefficient (Wildman–Crippen LogP) is 1.77. The number of nitrogens with one attached hydrogen (secondary N) is 1. The number of carbonyl (C=O) groups excluding carboxylic acids is 1. The second-order valence-corrected chi connectivity index (χ2v) is 6.78. The fourth-order valence-corrected chi connectivity index (χ4v) is 3.47. The largest absolute Gasteiger partial charge is 0.336 e. The highest BCUT2D eigenvalue weighted by atomic mass is 32.1. The van der Waals surface area contributed by atoms with Gasteiger partial charge in [0, 0.05) is 51.3 Å². The second kappa shape index (κ2) is 6.50. The molecule has 22 heavy (non-hydrogen) atoms. The number of urea groups is 1. The highest BCUT2D eigenvalue weighted by Crippen LogP contribution is 2.22. The molecular weight excluding hydrogens is 298 g/mol. The van der Waals surface area contributed by atoms with Crippen molar-refractivity contribution < 1.29 is 4.79 Å². The standard InChI is InChI=1S/C15H21N5OS/c1-18(2)15(21)16-8-13-10-19(11-14-4-3-7-22-14)9-12-5-6-17-20(12)13/h3-7,13H,8-11H2,1-2H3,(H,16,21). The zero-order valence-corrected chi connectivity index (χ0v) is 13.7. The zero-order valence-electron chi connectivity index (χ0n) is 12.9. The van der Waals surface area contributed by atoms with Gasteiger partial charge >= 0.3 is 6.03 Å². The monoisotopic (exact) mass is 319 g/mol. The van der Waals surface area contributed by atoms with Crippen molar-refractivity contribution >= 4 is 17.4 Å². The van der Waals surface area contributed by atoms with Gasteiger partial charge in [-0.1, -0.05) is 6.07 Å². The van der Waals surface area contributed by atoms with Crippen LogP contribution in [0.25, 0.3) is 0 Å². The van der Waals surface area contributed by atoms with E-state index in [4.69, 9.17) is 0 Å². The van der Waals surface area contributed by atoms with E-state index in [0.717, 1.165) is 19.6 Å². The summed E-state index contributed by atoms with van der Waals surface area (Å²) in [5.74, 6) is 0. The molecule has 7 heteroatoms. The minimum atomic E-state index is -0.0657. The van der Waals surface area contributed by atoms with Crippen LogP contribution in [0.2, 0.25) is 0 Å². The Morgan fingerprint density at radius 2 is 2.36 bits per heavy atom. The molecule has 0 bridgehead atoms. The van der Waals surface area contributed by atoms with E-state index in [9.17, 15) is 4.79 Å². The first-order chi connectivity index (χ1) is 10.6. The molecule has 0 saturated carbocycles. The zero-order chi connectivity index (χ0) is 15.5. The van der Waals surface area contributed by atoms with Crippen LogP contribution in [0.1, 0.15) is 16.6 Å². The van der Waals surface area contributed by atoms with Gasteiger partial charge in [0.05, 0.1) is 11.7 Å². The van der Waals surface area contributed by atoms with Gasteiger partial charge in [-0.2, -0.15) is 5.10 Å². The summed E-state index contributed by atoms with van der Waals surface area (Å²) in [5, 5.41) is 9.49. The van der Waals surface area contributed by atoms with Gasteiger partial charge in [-0.05, 0) is 17.5 Å². The molecule has 6 nitrogen and oxygen atoms in total. The molecule has 1 aliphatic heterocycles. The number of aromatic nitrogens is 2. The van der Waals surface area contributed by atoms with E-state index in [1.165, 1.54) is 10.6 Å². The lowest BCUT2D eigenvalue weighted by atomic mass is 10.2. The molecule has 0 fully saturated rings. The average Bonchev–Trinajstić information content (AvgIpc) is 3.15. The normalized spacial score (nSPS) is 18.0. The summed E-state index contributed by atoms with van der Waals surface area (Å²) < 4.78 is 2.04. The number of fused-ring (bicyclic) bond motifs is 1. The van der Waals surface area contributed by atoms with Gasteiger partial charge in [-0.15, -0.1) is 11.3 Å². The van der Waals surface area contributed by atoms with Gasteiger partial charge in [0.1, 0.15) is 0 Å². The van der Waals surface area contributed by atoms with Gasteiger partial charge in [-0.25, -0.2) is 4.79 Å². The maximum Gasteiger partial charge on any atom is 0.316 e. The third-order valence-corrected chi connectivity index (χ3v) is 4.67. The van der Waals surface area contributed by atoms with Crippen molar-refractivity contribution in [2.45, 2.75) is 19.1 Å². The third-order valence-electron chi connectivity index (χ3n) is 3.81. The molecule has 2 amide bonds. The molecule has 0 radical (unpaired) electrons. The van der Waals surface area contributed by atoms with Crippen LogP contribution in [0.4, 0.5) is 4.79 Å². The van der Waals surface area contributed by atoms with Crippen LogP contribution >= 0.6 is 11.3 Å². The fourth-order valence-electron chi connectivity index (χ4n) is 2.72. The van der Waals surface area contributed by atoms with Crippen LogP contribution < -0.4 is 5.32 Å². The van der Waals surface area contributed by atoms with Gasteiger partial charge < -0.3 is 10.2 Å². The fraction of sp³-hybridized carbons (Fsp3) is 0.467. The van der Waals surface area contributed by atoms with E-state index in [1.54, 1.807) is 30.3 Å². The lowest BCUT2D eigenvalue weighted by Crippen LogP contribution is -2.44. The number of carbonyl (C=O) groups is 1. The topological polar surface area (TPSA) is 53.4 Å². The van der Waals surface area contributed by atoms with Gasteiger partial charge in [-0.3, -0.25) is 9.58 Å². The number of rotatable bonds is 4. The summed E-state index contributed by atoms with van der Waals surface area (Å²) >= 11 is 1.78. The lowest BCUT2D eigenvalue weighted by molar-refractivity contribution is 0.163. The maximum atomic E-state index is 11.7. The van der Waals surface area contributed by atoms with E-state index >= 15 is 0 Å². The summed E-state index contributed by atoms with van der Waals surface area (Å²) in [6.45, 7) is 3.32. The number of nitrogens with zero attached hydrogens (tertiary/aromatic N) is 4. The third kappa shape index (κ3) is 3.31. The van der Waals surface area contributed by atoms with Crippen LogP contribution in [0.3, 0.4) is 0 Å². The Labute approximate surface area is 134 Å². The quantitative estimate of drug-likeness (QED) is 0.934. The lowest BCUT2D eigenvalue weighted by Gasteiger charge is -2.33. The summed E-state index contributed by atoms with van der Waals surface area (Å²) in [6, 6.07) is 6.41. The SMILES string of the molecule is CN(C)C(=O)NCC1CN(Cc2cccs2)Cc2ccnn21. The van der Waals surface area contributed by atoms with Gasteiger partial charge in [0.25, 0.3) is 0 Å². The molecule has 2 aromatic heterocycles. The molecule has 3 rings (SSSR count). The smallest absolute Gasteiger partial charge is 0.316 e. The minimum absolute atomic E-state index is 0.0657. The van der Waals surface area contributed by atoms with Crippen molar-refractivity contribution in [1.29, 1.82) is 0 Å². The first-order valence-electron chi connectivity index (χ1n) is 7.36. The summed E-state index contributed by atoms with van der Waals surface area (Å²) in [4.78, 5) is 17.1. The Morgan fingerprint density at radius 1 is 1.50 bits per heavy atom. The Bertz CT molecular complexity index is 622. The Kier molecular flexibility index (Phi) is 4.44. The van der Waals surface area contributed by atoms with E-state index in [-0.39, 0.29) is 12.1 Å². The molecule has 0 aliphatic carbocycles. The van der Waals surface area contributed by atoms with Crippen molar-refractivity contribution in [1.82, 2.24) is 24.9 Å². The highest BCUT2D eigenvalue weighted by Gasteiger charge is 2.26. The molecule has 0 spiro atoms. The Balaban J connectivity index is 1.68. The minimum Gasteiger partial charge on any atom is -0.336 e. The number of hydrogen-bond donors (Lipinski definition) is 1. The number of thiophene rings is 1. The van der Waals surface area contributed by atoms with E-state index in [0.29, 0.717) is 6.54 Å². The van der Waals surface area contributed by atoms with E-state index < -0.39 is 0 Å². The molecule has 1 unspecified atom stereocenters. The van der Waals surface area contributed by atoms with Gasteiger partial charge in [0.2, 0.25) is 0 Å². The van der Waals surface area contributed by atoms with E-state index in [2.05, 4.69) is 38.9 Å². The second-order valence-electron chi connectivity index (χ2n) is 5.75. The molecule has 0 aromatic carbocycles. The molecule has 118 valence electrons. The van der Waals surface area contributed by atoms with Gasteiger partial charge in [0.15, 0.2) is 0 Å². The molecule has 0 saturated heterocycles. The summed E-state index contributed by atoms with van der Waals surface area (Å²) in [7, 11) is 3.50. The van der Waals surface area contributed by atoms with Crippen molar-refractivity contribution in [2.75, 3.05) is 27.2 Å². The van der Waals surface area contributed by atoms with Crippen LogP contribution in [0.15, 0.2) is 29.8 Å².